The summed E-state index contributed by atoms with van der Waals surface area (Å²) in [5, 5.41) is 11.2. The summed E-state index contributed by atoms with van der Waals surface area (Å²) in [5.74, 6) is -0.496. The van der Waals surface area contributed by atoms with E-state index >= 15 is 0 Å². The summed E-state index contributed by atoms with van der Waals surface area (Å²) in [7, 11) is 0. The van der Waals surface area contributed by atoms with E-state index in [0.717, 1.165) is 47.2 Å². The van der Waals surface area contributed by atoms with Gasteiger partial charge in [-0.3, -0.25) is 14.8 Å². The number of aromatic nitrogens is 5. The van der Waals surface area contributed by atoms with Gasteiger partial charge < -0.3 is 9.47 Å². The van der Waals surface area contributed by atoms with Crippen molar-refractivity contribution in [3.63, 3.8) is 0 Å². The predicted molar refractivity (Wildman–Crippen MR) is 169 cm³/mol. The van der Waals surface area contributed by atoms with Crippen molar-refractivity contribution in [3.05, 3.63) is 82.0 Å². The van der Waals surface area contributed by atoms with E-state index in [4.69, 9.17) is 16.7 Å². The predicted octanol–water partition coefficient (Wildman–Crippen LogP) is 6.59. The standard InChI is InChI=1S/C32H32ClF2N7OS/c1-3-40-10-8-22(25(35)16-40)19-4-6-20(7-5-19)23-12-18(2)24-15-42(39-28(24)27(23)33)30(31(43)38-32-36-9-11-44-32)29-26-13-21(34)14-41(26)17-37-29/h4-7,9,11-12,15,17,21-22,25,30H,3,8,10,13-14,16H2,1-2H3,(H,36,38,43)/t21-,22-,25+,30?/m1/s1. The normalized spacial score (nSPS) is 21.1. The molecule has 0 aliphatic carbocycles. The number of piperidine rings is 1. The second-order valence-corrected chi connectivity index (χ2v) is 12.9. The molecule has 1 N–H and O–H groups in total. The molecule has 5 heterocycles. The Kier molecular flexibility index (Phi) is 7.72. The van der Waals surface area contributed by atoms with Crippen LogP contribution in [-0.4, -0.2) is 67.1 Å². The highest BCUT2D eigenvalue weighted by Gasteiger charge is 2.35. The number of imidazole rings is 1. The second-order valence-electron chi connectivity index (χ2n) is 11.6. The van der Waals surface area contributed by atoms with E-state index < -0.39 is 18.4 Å². The average Bonchev–Trinajstić information content (AvgIpc) is 3.82. The summed E-state index contributed by atoms with van der Waals surface area (Å²) in [6, 6.07) is 9.03. The third-order valence-corrected chi connectivity index (χ3v) is 9.98. The summed E-state index contributed by atoms with van der Waals surface area (Å²) in [6.07, 6.45) is 4.04. The number of rotatable bonds is 7. The number of halogens is 3. The van der Waals surface area contributed by atoms with Crippen LogP contribution < -0.4 is 5.32 Å². The van der Waals surface area contributed by atoms with Crippen LogP contribution in [0.4, 0.5) is 13.9 Å². The minimum atomic E-state index is -1.03. The van der Waals surface area contributed by atoms with E-state index in [0.29, 0.717) is 33.6 Å². The molecule has 12 heteroatoms. The van der Waals surface area contributed by atoms with Crippen LogP contribution in [0.1, 0.15) is 47.8 Å². The first-order valence-corrected chi connectivity index (χ1v) is 16.1. The number of nitrogens with zero attached hydrogens (tertiary/aromatic N) is 6. The zero-order valence-corrected chi connectivity index (χ0v) is 26.0. The molecule has 7 rings (SSSR count). The molecule has 2 aliphatic heterocycles. The number of anilines is 1. The zero-order chi connectivity index (χ0) is 30.5. The van der Waals surface area contributed by atoms with Gasteiger partial charge in [-0.25, -0.2) is 18.7 Å². The first kappa shape index (κ1) is 29.1. The number of hydrogen-bond acceptors (Lipinski definition) is 6. The number of nitrogens with one attached hydrogen (secondary N) is 1. The first-order valence-electron chi connectivity index (χ1n) is 14.8. The lowest BCUT2D eigenvalue weighted by Gasteiger charge is -2.34. The van der Waals surface area contributed by atoms with Crippen molar-refractivity contribution in [3.8, 4) is 11.1 Å². The Labute approximate surface area is 262 Å². The monoisotopic (exact) mass is 635 g/mol. The lowest BCUT2D eigenvalue weighted by molar-refractivity contribution is -0.118. The Morgan fingerprint density at radius 3 is 2.75 bits per heavy atom. The molecular formula is C32H32ClF2N7OS. The van der Waals surface area contributed by atoms with Crippen LogP contribution in [0.15, 0.2) is 54.4 Å². The fourth-order valence-electron chi connectivity index (χ4n) is 6.56. The van der Waals surface area contributed by atoms with Crippen LogP contribution >= 0.6 is 22.9 Å². The maximum Gasteiger partial charge on any atom is 0.257 e. The highest BCUT2D eigenvalue weighted by atomic mass is 35.5. The smallest absolute Gasteiger partial charge is 0.257 e. The fraction of sp³-hybridized carbons (Fsp3) is 0.375. The average molecular weight is 636 g/mol. The summed E-state index contributed by atoms with van der Waals surface area (Å²) < 4.78 is 32.6. The van der Waals surface area contributed by atoms with Gasteiger partial charge in [0.25, 0.3) is 5.91 Å². The van der Waals surface area contributed by atoms with E-state index in [1.807, 2.05) is 37.3 Å². The lowest BCUT2D eigenvalue weighted by atomic mass is 9.87. The molecule has 2 aromatic carbocycles. The van der Waals surface area contributed by atoms with Crippen LogP contribution in [0.5, 0.6) is 0 Å². The van der Waals surface area contributed by atoms with Crippen molar-refractivity contribution in [2.24, 2.45) is 0 Å². The summed E-state index contributed by atoms with van der Waals surface area (Å²) in [5.41, 5.74) is 5.31. The first-order chi connectivity index (χ1) is 21.3. The molecule has 228 valence electrons. The molecule has 44 heavy (non-hydrogen) atoms. The zero-order valence-electron chi connectivity index (χ0n) is 24.4. The quantitative estimate of drug-likeness (QED) is 0.218. The molecule has 5 aromatic rings. The van der Waals surface area contributed by atoms with Gasteiger partial charge in [0.2, 0.25) is 0 Å². The summed E-state index contributed by atoms with van der Waals surface area (Å²) in [4.78, 5) is 24.6. The SMILES string of the molecule is CCN1CC[C@H](c2ccc(-c3cc(C)c4cn(C(C(=O)Nc5nccs5)c5ncn6c5C[C@@H](F)C6)nc4c3Cl)cc2)[C@@H](F)C1. The topological polar surface area (TPSA) is 80.9 Å². The van der Waals surface area contributed by atoms with Gasteiger partial charge >= 0.3 is 0 Å². The summed E-state index contributed by atoms with van der Waals surface area (Å²) in [6.45, 7) is 6.47. The van der Waals surface area contributed by atoms with Crippen LogP contribution in [0, 0.1) is 6.92 Å². The number of benzene rings is 2. The van der Waals surface area contributed by atoms with Gasteiger partial charge in [-0.2, -0.15) is 5.10 Å². The van der Waals surface area contributed by atoms with Gasteiger partial charge in [0.05, 0.1) is 23.6 Å². The minimum Gasteiger partial charge on any atom is -0.331 e. The largest absolute Gasteiger partial charge is 0.331 e. The Balaban J connectivity index is 1.24. The van der Waals surface area contributed by atoms with E-state index in [-0.39, 0.29) is 24.8 Å². The number of carbonyl (C=O) groups excluding carboxylic acids is 1. The third-order valence-electron chi connectivity index (χ3n) is 8.91. The fourth-order valence-corrected chi connectivity index (χ4v) is 7.39. The molecule has 1 amide bonds. The Morgan fingerprint density at radius 1 is 1.20 bits per heavy atom. The van der Waals surface area contributed by atoms with Crippen molar-refractivity contribution >= 4 is 44.9 Å². The van der Waals surface area contributed by atoms with Crippen LogP contribution in [0.3, 0.4) is 0 Å². The van der Waals surface area contributed by atoms with Crippen LogP contribution in [0.2, 0.25) is 5.02 Å². The molecule has 4 atom stereocenters. The maximum atomic E-state index is 15.0. The lowest BCUT2D eigenvalue weighted by Crippen LogP contribution is -2.40. The van der Waals surface area contributed by atoms with Gasteiger partial charge in [0.15, 0.2) is 11.2 Å². The van der Waals surface area contributed by atoms with Gasteiger partial charge in [0, 0.05) is 53.3 Å². The van der Waals surface area contributed by atoms with E-state index in [2.05, 4.69) is 27.1 Å². The molecular weight excluding hydrogens is 604 g/mol. The van der Waals surface area contributed by atoms with E-state index in [1.165, 1.54) is 11.3 Å². The number of amides is 1. The Morgan fingerprint density at radius 2 is 2.02 bits per heavy atom. The molecule has 8 nitrogen and oxygen atoms in total. The van der Waals surface area contributed by atoms with Gasteiger partial charge in [-0.1, -0.05) is 42.8 Å². The number of fused-ring (bicyclic) bond motifs is 2. The van der Waals surface area contributed by atoms with Crippen molar-refractivity contribution < 1.29 is 13.6 Å². The van der Waals surface area contributed by atoms with Crippen molar-refractivity contribution in [1.82, 2.24) is 29.2 Å². The molecule has 2 aliphatic rings. The van der Waals surface area contributed by atoms with E-state index in [9.17, 15) is 13.6 Å². The van der Waals surface area contributed by atoms with Gasteiger partial charge in [-0.05, 0) is 49.2 Å². The second kappa shape index (κ2) is 11.7. The van der Waals surface area contributed by atoms with Crippen LogP contribution in [-0.2, 0) is 17.8 Å². The summed E-state index contributed by atoms with van der Waals surface area (Å²) >= 11 is 8.33. The highest BCUT2D eigenvalue weighted by molar-refractivity contribution is 7.13. The molecule has 0 bridgehead atoms. The number of aryl methyl sites for hydroxylation is 1. The van der Waals surface area contributed by atoms with Crippen molar-refractivity contribution in [1.29, 1.82) is 0 Å². The number of likely N-dealkylation sites (tertiary alicyclic amines) is 1. The Bertz CT molecular complexity index is 1820. The minimum absolute atomic E-state index is 0.119. The number of alkyl halides is 2. The molecule has 1 saturated heterocycles. The molecule has 0 spiro atoms. The molecule has 1 unspecified atom stereocenters. The maximum absolute atomic E-state index is 15.0. The molecule has 1 fully saturated rings. The van der Waals surface area contributed by atoms with Gasteiger partial charge in [-0.15, -0.1) is 11.3 Å². The highest BCUT2D eigenvalue weighted by Crippen LogP contribution is 2.39. The molecule has 0 saturated carbocycles. The number of carbonyl (C=O) groups is 1. The van der Waals surface area contributed by atoms with Crippen LogP contribution in [0.25, 0.3) is 22.0 Å². The Hall–Kier alpha value is -3.67. The van der Waals surface area contributed by atoms with Gasteiger partial charge in [0.1, 0.15) is 17.9 Å². The van der Waals surface area contributed by atoms with E-state index in [1.54, 1.807) is 33.3 Å². The van der Waals surface area contributed by atoms with Crippen molar-refractivity contribution in [2.75, 3.05) is 25.0 Å². The molecule has 3 aromatic heterocycles. The third kappa shape index (κ3) is 5.20. The molecule has 0 radical (unpaired) electrons. The number of hydrogen-bond donors (Lipinski definition) is 1. The number of thiazole rings is 1. The van der Waals surface area contributed by atoms with Crippen molar-refractivity contribution in [2.45, 2.75) is 57.5 Å².